The second kappa shape index (κ2) is 5.05. The van der Waals surface area contributed by atoms with E-state index < -0.39 is 0 Å². The van der Waals surface area contributed by atoms with Crippen LogP contribution in [0.4, 0.5) is 0 Å². The minimum Gasteiger partial charge on any atom is -0.465 e. The van der Waals surface area contributed by atoms with Gasteiger partial charge in [0.15, 0.2) is 5.58 Å². The molecule has 0 atom stereocenters. The molecular weight excluding hydrogens is 266 g/mol. The quantitative estimate of drug-likeness (QED) is 0.668. The summed E-state index contributed by atoms with van der Waals surface area (Å²) < 4.78 is 10.6. The van der Waals surface area contributed by atoms with Crippen molar-refractivity contribution in [3.63, 3.8) is 0 Å². The van der Waals surface area contributed by atoms with Crippen LogP contribution in [0.2, 0.25) is 0 Å². The molecule has 3 aromatic rings. The van der Waals surface area contributed by atoms with Crippen LogP contribution in [0, 0.1) is 13.8 Å². The lowest BCUT2D eigenvalue weighted by Crippen LogP contribution is -2.04. The summed E-state index contributed by atoms with van der Waals surface area (Å²) in [5.74, 6) is 0.230. The van der Waals surface area contributed by atoms with Gasteiger partial charge in [-0.3, -0.25) is 0 Å². The fourth-order valence-corrected chi connectivity index (χ4v) is 2.36. The first-order chi connectivity index (χ1) is 10.1. The Balaban J connectivity index is 2.14. The third-order valence-electron chi connectivity index (χ3n) is 3.50. The van der Waals surface area contributed by atoms with Crippen molar-refractivity contribution in [2.75, 3.05) is 7.11 Å². The molecule has 21 heavy (non-hydrogen) atoms. The maximum Gasteiger partial charge on any atom is 0.338 e. The van der Waals surface area contributed by atoms with E-state index in [4.69, 9.17) is 9.15 Å². The number of hydrogen-bond acceptors (Lipinski definition) is 4. The molecule has 0 aliphatic carbocycles. The normalized spacial score (nSPS) is 10.8. The zero-order valence-electron chi connectivity index (χ0n) is 12.1. The first-order valence-corrected chi connectivity index (χ1v) is 6.65. The maximum atomic E-state index is 11.7. The highest BCUT2D eigenvalue weighted by molar-refractivity contribution is 5.92. The number of aryl methyl sites for hydroxylation is 2. The van der Waals surface area contributed by atoms with E-state index in [1.165, 1.54) is 7.11 Å². The number of oxazole rings is 1. The van der Waals surface area contributed by atoms with Gasteiger partial charge in [0.1, 0.15) is 5.52 Å². The molecule has 4 heteroatoms. The van der Waals surface area contributed by atoms with Crippen LogP contribution in [-0.4, -0.2) is 18.1 Å². The minimum absolute atomic E-state index is 0.334. The Morgan fingerprint density at radius 3 is 2.62 bits per heavy atom. The molecule has 0 saturated heterocycles. The van der Waals surface area contributed by atoms with Crippen LogP contribution < -0.4 is 0 Å². The van der Waals surface area contributed by atoms with Gasteiger partial charge >= 0.3 is 5.97 Å². The van der Waals surface area contributed by atoms with Gasteiger partial charge in [-0.15, -0.1) is 0 Å². The first-order valence-electron chi connectivity index (χ1n) is 6.65. The van der Waals surface area contributed by atoms with Crippen molar-refractivity contribution >= 4 is 17.1 Å². The summed E-state index contributed by atoms with van der Waals surface area (Å²) in [6.45, 7) is 3.80. The number of hydrogen-bond donors (Lipinski definition) is 0. The van der Waals surface area contributed by atoms with Crippen LogP contribution in [0.3, 0.4) is 0 Å². The fraction of sp³-hybridized carbons (Fsp3) is 0.176. The lowest BCUT2D eigenvalue weighted by molar-refractivity contribution is 0.0600. The number of para-hydroxylation sites is 2. The molecule has 0 spiro atoms. The number of benzene rings is 2. The molecule has 0 fully saturated rings. The molecule has 2 aromatic carbocycles. The molecule has 106 valence electrons. The van der Waals surface area contributed by atoms with Crippen molar-refractivity contribution in [2.45, 2.75) is 13.8 Å². The molecule has 0 N–H and O–H groups in total. The molecule has 1 heterocycles. The van der Waals surface area contributed by atoms with Gasteiger partial charge in [-0.1, -0.05) is 12.1 Å². The lowest BCUT2D eigenvalue weighted by atomic mass is 10.00. The van der Waals surface area contributed by atoms with Crippen molar-refractivity contribution in [1.82, 2.24) is 4.98 Å². The van der Waals surface area contributed by atoms with Crippen LogP contribution in [0.1, 0.15) is 21.5 Å². The molecule has 1 aromatic heterocycles. The predicted molar refractivity (Wildman–Crippen MR) is 80.3 cm³/mol. The number of nitrogens with zero attached hydrogens (tertiary/aromatic N) is 1. The van der Waals surface area contributed by atoms with Crippen molar-refractivity contribution in [3.05, 3.63) is 53.1 Å². The fourth-order valence-electron chi connectivity index (χ4n) is 2.36. The van der Waals surface area contributed by atoms with Crippen molar-refractivity contribution in [1.29, 1.82) is 0 Å². The molecule has 3 rings (SSSR count). The summed E-state index contributed by atoms with van der Waals surface area (Å²) in [6, 6.07) is 11.4. The van der Waals surface area contributed by atoms with Crippen molar-refractivity contribution in [3.8, 4) is 11.5 Å². The van der Waals surface area contributed by atoms with E-state index in [1.54, 1.807) is 0 Å². The zero-order chi connectivity index (χ0) is 15.0. The number of aromatic nitrogens is 1. The highest BCUT2D eigenvalue weighted by Crippen LogP contribution is 2.29. The molecule has 0 radical (unpaired) electrons. The maximum absolute atomic E-state index is 11.7. The largest absolute Gasteiger partial charge is 0.465 e. The van der Waals surface area contributed by atoms with Gasteiger partial charge in [-0.2, -0.15) is 0 Å². The van der Waals surface area contributed by atoms with Gasteiger partial charge in [0.25, 0.3) is 0 Å². The summed E-state index contributed by atoms with van der Waals surface area (Å²) in [5, 5.41) is 0. The number of fused-ring (bicyclic) bond motifs is 1. The smallest absolute Gasteiger partial charge is 0.338 e. The van der Waals surface area contributed by atoms with Gasteiger partial charge in [0.05, 0.1) is 12.7 Å². The zero-order valence-corrected chi connectivity index (χ0v) is 12.1. The third-order valence-corrected chi connectivity index (χ3v) is 3.50. The summed E-state index contributed by atoms with van der Waals surface area (Å²) in [5.41, 5.74) is 4.78. The number of rotatable bonds is 2. The molecular formula is C17H15NO3. The van der Waals surface area contributed by atoms with Crippen molar-refractivity contribution < 1.29 is 13.9 Å². The van der Waals surface area contributed by atoms with Gasteiger partial charge in [-0.25, -0.2) is 9.78 Å². The third kappa shape index (κ3) is 2.29. The second-order valence-corrected chi connectivity index (χ2v) is 4.96. The number of methoxy groups -OCH3 is 1. The minimum atomic E-state index is -0.334. The van der Waals surface area contributed by atoms with Gasteiger partial charge in [-0.05, 0) is 49.2 Å². The van der Waals surface area contributed by atoms with Crippen molar-refractivity contribution in [2.24, 2.45) is 0 Å². The van der Waals surface area contributed by atoms with E-state index in [0.29, 0.717) is 11.5 Å². The highest BCUT2D eigenvalue weighted by Gasteiger charge is 2.16. The second-order valence-electron chi connectivity index (χ2n) is 4.96. The van der Waals surface area contributed by atoms with E-state index in [0.717, 1.165) is 27.8 Å². The Labute approximate surface area is 122 Å². The number of ether oxygens (including phenoxy) is 1. The topological polar surface area (TPSA) is 52.3 Å². The summed E-state index contributed by atoms with van der Waals surface area (Å²) in [6.07, 6.45) is 0. The summed E-state index contributed by atoms with van der Waals surface area (Å²) >= 11 is 0. The molecule has 4 nitrogen and oxygen atoms in total. The molecule has 0 aliphatic rings. The predicted octanol–water partition coefficient (Wildman–Crippen LogP) is 3.90. The Morgan fingerprint density at radius 2 is 1.90 bits per heavy atom. The van der Waals surface area contributed by atoms with Gasteiger partial charge in [0.2, 0.25) is 5.89 Å². The van der Waals surface area contributed by atoms with Crippen LogP contribution >= 0.6 is 0 Å². The van der Waals surface area contributed by atoms with Gasteiger partial charge in [0, 0.05) is 5.56 Å². The molecule has 0 bridgehead atoms. The highest BCUT2D eigenvalue weighted by atomic mass is 16.5. The van der Waals surface area contributed by atoms with Crippen LogP contribution in [0.5, 0.6) is 0 Å². The van der Waals surface area contributed by atoms with Crippen LogP contribution in [0.25, 0.3) is 22.6 Å². The Kier molecular flexibility index (Phi) is 3.22. The number of carbonyl (C=O) groups is 1. The lowest BCUT2D eigenvalue weighted by Gasteiger charge is -2.08. The average molecular weight is 281 g/mol. The van der Waals surface area contributed by atoms with Crippen LogP contribution in [-0.2, 0) is 4.74 Å². The Morgan fingerprint density at radius 1 is 1.14 bits per heavy atom. The standard InChI is InChI=1S/C17H15NO3/c1-10-9-13(17(19)20-3)11(2)8-12(10)16-18-14-6-4-5-7-15(14)21-16/h4-9H,1-3H3. The van der Waals surface area contributed by atoms with E-state index in [9.17, 15) is 4.79 Å². The Bertz CT molecular complexity index is 800. The van der Waals surface area contributed by atoms with E-state index in [-0.39, 0.29) is 5.97 Å². The van der Waals surface area contributed by atoms with E-state index >= 15 is 0 Å². The van der Waals surface area contributed by atoms with Gasteiger partial charge < -0.3 is 9.15 Å². The van der Waals surface area contributed by atoms with E-state index in [1.807, 2.05) is 50.2 Å². The molecule has 0 amide bonds. The summed E-state index contributed by atoms with van der Waals surface area (Å²) in [4.78, 5) is 16.2. The average Bonchev–Trinajstić information content (AvgIpc) is 2.92. The molecule has 0 aliphatic heterocycles. The monoisotopic (exact) mass is 281 g/mol. The number of carbonyl (C=O) groups excluding carboxylic acids is 1. The first kappa shape index (κ1) is 13.4. The number of esters is 1. The van der Waals surface area contributed by atoms with E-state index in [2.05, 4.69) is 4.98 Å². The SMILES string of the molecule is COC(=O)c1cc(C)c(-c2nc3ccccc3o2)cc1C. The molecule has 0 saturated carbocycles. The Hall–Kier alpha value is -2.62. The van der Waals surface area contributed by atoms with Crippen LogP contribution in [0.15, 0.2) is 40.8 Å². The summed E-state index contributed by atoms with van der Waals surface area (Å²) in [7, 11) is 1.38. The molecule has 0 unspecified atom stereocenters.